The zero-order valence-corrected chi connectivity index (χ0v) is 10.7. The Balaban J connectivity index is 3.59. The highest BCUT2D eigenvalue weighted by Crippen LogP contribution is 2.22. The fraction of sp³-hybridized carbons (Fsp3) is 0.750. The maximum absolute atomic E-state index is 11.1. The number of hydrogen-bond acceptors (Lipinski definition) is 7. The van der Waals surface area contributed by atoms with Crippen LogP contribution in [0.2, 0.25) is 0 Å². The Hall–Kier alpha value is -0.990. The Morgan fingerprint density at radius 2 is 1.33 bits per heavy atom. The van der Waals surface area contributed by atoms with Crippen molar-refractivity contribution in [3.63, 3.8) is 0 Å². The number of hydrogen-bond donors (Lipinski definition) is 4. The molecule has 0 radical (unpaired) electrons. The molecule has 0 aromatic heterocycles. The number of aliphatic hydroxyl groups excluding tert-OH is 2. The van der Waals surface area contributed by atoms with Crippen molar-refractivity contribution in [1.82, 2.24) is 10.6 Å². The summed E-state index contributed by atoms with van der Waals surface area (Å²) < 4.78 is 20.2. The van der Waals surface area contributed by atoms with E-state index >= 15 is 0 Å². The van der Waals surface area contributed by atoms with E-state index < -0.39 is 33.3 Å². The Bertz CT molecular complexity index is 261. The monoisotopic (exact) mass is 284 g/mol. The van der Waals surface area contributed by atoms with Crippen LogP contribution in [0.1, 0.15) is 0 Å². The second-order valence-electron chi connectivity index (χ2n) is 2.97. The predicted octanol–water partition coefficient (Wildman–Crippen LogP) is -2.37. The largest absolute Gasteiger partial charge is 0.395 e. The van der Waals surface area contributed by atoms with Crippen molar-refractivity contribution in [2.75, 3.05) is 39.5 Å². The average Bonchev–Trinajstić information content (AvgIpc) is 2.37. The number of carbonyl (C=O) groups is 2. The molecule has 0 aliphatic heterocycles. The van der Waals surface area contributed by atoms with E-state index in [4.69, 9.17) is 10.2 Å². The summed E-state index contributed by atoms with van der Waals surface area (Å²) in [7, 11) is -2.93. The van der Waals surface area contributed by atoms with E-state index in [0.29, 0.717) is 0 Å². The molecular formula is C8H17N2O7P. The molecule has 0 aromatic rings. The van der Waals surface area contributed by atoms with Crippen LogP contribution in [-0.2, 0) is 23.2 Å². The van der Waals surface area contributed by atoms with Gasteiger partial charge in [0.2, 0.25) is 11.8 Å². The van der Waals surface area contributed by atoms with Gasteiger partial charge in [-0.25, -0.2) is 0 Å². The first-order valence-corrected chi connectivity index (χ1v) is 6.37. The zero-order chi connectivity index (χ0) is 13.8. The van der Waals surface area contributed by atoms with Crippen molar-refractivity contribution >= 4 is 20.1 Å². The number of aliphatic hydroxyl groups is 2. The summed E-state index contributed by atoms with van der Waals surface area (Å²) in [5.41, 5.74) is 0. The quantitative estimate of drug-likeness (QED) is 0.329. The zero-order valence-electron chi connectivity index (χ0n) is 9.68. The molecule has 106 valence electrons. The summed E-state index contributed by atoms with van der Waals surface area (Å²) in [6.07, 6.45) is 0. The lowest BCUT2D eigenvalue weighted by Crippen LogP contribution is -2.30. The van der Waals surface area contributed by atoms with Gasteiger partial charge in [-0.2, -0.15) is 0 Å². The second-order valence-corrected chi connectivity index (χ2v) is 4.05. The minimum atomic E-state index is -2.93. The normalized spacial score (nSPS) is 10.4. The molecule has 0 atom stereocenters. The highest BCUT2D eigenvalue weighted by Gasteiger charge is 2.07. The lowest BCUT2D eigenvalue weighted by molar-refractivity contribution is -0.123. The molecule has 10 heteroatoms. The number of amides is 2. The van der Waals surface area contributed by atoms with Crippen LogP contribution < -0.4 is 10.6 Å². The van der Waals surface area contributed by atoms with Gasteiger partial charge in [-0.1, -0.05) is 0 Å². The van der Waals surface area contributed by atoms with Gasteiger partial charge in [0.25, 0.3) is 0 Å². The fourth-order valence-corrected chi connectivity index (χ4v) is 1.36. The van der Waals surface area contributed by atoms with Gasteiger partial charge >= 0.3 is 8.25 Å². The van der Waals surface area contributed by atoms with E-state index in [1.807, 2.05) is 0 Å². The van der Waals surface area contributed by atoms with Crippen LogP contribution in [-0.4, -0.2) is 61.5 Å². The minimum absolute atomic E-state index is 0.0769. The maximum atomic E-state index is 11.1. The third-order valence-corrected chi connectivity index (χ3v) is 2.27. The molecule has 0 bridgehead atoms. The molecule has 0 aromatic carbocycles. The van der Waals surface area contributed by atoms with Crippen molar-refractivity contribution in [2.45, 2.75) is 0 Å². The highest BCUT2D eigenvalue weighted by molar-refractivity contribution is 7.33. The van der Waals surface area contributed by atoms with Crippen LogP contribution in [0.25, 0.3) is 0 Å². The van der Waals surface area contributed by atoms with Gasteiger partial charge in [0, 0.05) is 13.1 Å². The molecule has 4 N–H and O–H groups in total. The van der Waals surface area contributed by atoms with Crippen LogP contribution >= 0.6 is 8.25 Å². The molecule has 0 spiro atoms. The molecule has 0 unspecified atom stereocenters. The van der Waals surface area contributed by atoms with Gasteiger partial charge in [-0.15, -0.1) is 0 Å². The number of nitrogens with one attached hydrogen (secondary N) is 2. The van der Waals surface area contributed by atoms with E-state index in [2.05, 4.69) is 19.7 Å². The van der Waals surface area contributed by atoms with E-state index in [9.17, 15) is 14.2 Å². The van der Waals surface area contributed by atoms with E-state index in [1.54, 1.807) is 0 Å². The van der Waals surface area contributed by atoms with Crippen LogP contribution in [0.5, 0.6) is 0 Å². The van der Waals surface area contributed by atoms with E-state index in [1.165, 1.54) is 0 Å². The van der Waals surface area contributed by atoms with Crippen LogP contribution in [0.4, 0.5) is 0 Å². The summed E-state index contributed by atoms with van der Waals surface area (Å²) >= 11 is 0. The topological polar surface area (TPSA) is 134 Å². The molecule has 0 saturated heterocycles. The summed E-state index contributed by atoms with van der Waals surface area (Å²) in [4.78, 5) is 21.9. The van der Waals surface area contributed by atoms with Crippen LogP contribution in [0.15, 0.2) is 0 Å². The van der Waals surface area contributed by atoms with Crippen molar-refractivity contribution in [1.29, 1.82) is 0 Å². The lowest BCUT2D eigenvalue weighted by atomic mass is 10.6. The SMILES string of the molecule is O=C(CO[PH](=O)OCC(=O)NCCO)NCCO. The van der Waals surface area contributed by atoms with Gasteiger partial charge < -0.3 is 29.9 Å². The maximum Gasteiger partial charge on any atom is 0.320 e. The molecule has 0 saturated carbocycles. The molecule has 18 heavy (non-hydrogen) atoms. The molecule has 0 fully saturated rings. The van der Waals surface area contributed by atoms with Crippen LogP contribution in [0, 0.1) is 0 Å². The first kappa shape index (κ1) is 17.0. The lowest BCUT2D eigenvalue weighted by Gasteiger charge is -2.06. The minimum Gasteiger partial charge on any atom is -0.395 e. The first-order chi connectivity index (χ1) is 8.60. The molecular weight excluding hydrogens is 267 g/mol. The van der Waals surface area contributed by atoms with Gasteiger partial charge in [-0.05, 0) is 0 Å². The fourth-order valence-electron chi connectivity index (χ4n) is 0.783. The Morgan fingerprint density at radius 3 is 1.67 bits per heavy atom. The predicted molar refractivity (Wildman–Crippen MR) is 61.1 cm³/mol. The van der Waals surface area contributed by atoms with Gasteiger partial charge in [-0.3, -0.25) is 14.2 Å². The molecule has 0 heterocycles. The van der Waals surface area contributed by atoms with Crippen molar-refractivity contribution in [2.24, 2.45) is 0 Å². The summed E-state index contributed by atoms with van der Waals surface area (Å²) in [5.74, 6) is -1.09. The molecule has 9 nitrogen and oxygen atoms in total. The third-order valence-electron chi connectivity index (χ3n) is 1.51. The first-order valence-electron chi connectivity index (χ1n) is 5.14. The smallest absolute Gasteiger partial charge is 0.320 e. The summed E-state index contributed by atoms with van der Waals surface area (Å²) in [6, 6.07) is 0. The molecule has 0 rings (SSSR count). The second kappa shape index (κ2) is 11.1. The van der Waals surface area contributed by atoms with Gasteiger partial charge in [0.15, 0.2) is 0 Å². The number of rotatable bonds is 10. The standard InChI is InChI=1S/C8H17N2O7P/c11-3-1-9-7(13)5-16-18(15)17-6-8(14)10-2-4-12/h11-12,18H,1-6H2,(H,9,13)(H,10,14). The van der Waals surface area contributed by atoms with Crippen molar-refractivity contribution < 1.29 is 33.4 Å². The van der Waals surface area contributed by atoms with Crippen LogP contribution in [0.3, 0.4) is 0 Å². The number of carbonyl (C=O) groups excluding carboxylic acids is 2. The van der Waals surface area contributed by atoms with Crippen molar-refractivity contribution in [3.8, 4) is 0 Å². The molecule has 0 aliphatic carbocycles. The Kier molecular flexibility index (Phi) is 10.5. The molecule has 0 aliphatic rings. The third kappa shape index (κ3) is 10.2. The van der Waals surface area contributed by atoms with Crippen molar-refractivity contribution in [3.05, 3.63) is 0 Å². The van der Waals surface area contributed by atoms with E-state index in [0.717, 1.165) is 0 Å². The van der Waals surface area contributed by atoms with Gasteiger partial charge in [0.1, 0.15) is 13.2 Å². The van der Waals surface area contributed by atoms with E-state index in [-0.39, 0.29) is 26.3 Å². The average molecular weight is 284 g/mol. The highest BCUT2D eigenvalue weighted by atomic mass is 31.1. The summed E-state index contributed by atoms with van der Waals surface area (Å²) in [5, 5.41) is 21.4. The van der Waals surface area contributed by atoms with Gasteiger partial charge in [0.05, 0.1) is 13.2 Å². The summed E-state index contributed by atoms with van der Waals surface area (Å²) in [6.45, 7) is -1.21. The Morgan fingerprint density at radius 1 is 0.944 bits per heavy atom. The Labute approximate surface area is 104 Å². The molecule has 2 amide bonds.